The molecular formula is C33H37N3O4. The number of aliphatic hydroxyl groups excluding tert-OH is 1. The van der Waals surface area contributed by atoms with Gasteiger partial charge in [-0.25, -0.2) is 0 Å². The average molecular weight is 540 g/mol. The summed E-state index contributed by atoms with van der Waals surface area (Å²) in [6.45, 7) is 4.87. The Morgan fingerprint density at radius 1 is 0.875 bits per heavy atom. The van der Waals surface area contributed by atoms with Crippen molar-refractivity contribution in [2.24, 2.45) is 0 Å². The molecule has 1 unspecified atom stereocenters. The van der Waals surface area contributed by atoms with Crippen LogP contribution in [0.1, 0.15) is 34.2 Å². The second-order valence-corrected chi connectivity index (χ2v) is 10.1. The zero-order chi connectivity index (χ0) is 27.6. The maximum atomic E-state index is 10.8. The van der Waals surface area contributed by atoms with Gasteiger partial charge in [-0.3, -0.25) is 9.80 Å². The van der Waals surface area contributed by atoms with Crippen molar-refractivity contribution in [3.05, 3.63) is 119 Å². The molecule has 208 valence electrons. The van der Waals surface area contributed by atoms with E-state index in [1.54, 1.807) is 7.11 Å². The molecule has 7 heteroatoms. The summed E-state index contributed by atoms with van der Waals surface area (Å²) in [5, 5.41) is 14.8. The van der Waals surface area contributed by atoms with Gasteiger partial charge in [0.2, 0.25) is 0 Å². The number of ether oxygens (including phenoxy) is 2. The van der Waals surface area contributed by atoms with E-state index in [0.717, 1.165) is 37.4 Å². The van der Waals surface area contributed by atoms with Gasteiger partial charge in [0.1, 0.15) is 24.2 Å². The molecule has 1 atom stereocenters. The molecule has 0 saturated carbocycles. The number of benzene rings is 3. The number of hydrogen-bond acceptors (Lipinski definition) is 7. The van der Waals surface area contributed by atoms with E-state index in [0.29, 0.717) is 24.7 Å². The summed E-state index contributed by atoms with van der Waals surface area (Å²) in [7, 11) is 1.62. The minimum absolute atomic E-state index is 0.224. The molecule has 0 bridgehead atoms. The van der Waals surface area contributed by atoms with E-state index < -0.39 is 6.10 Å². The first-order valence-electron chi connectivity index (χ1n) is 13.8. The Morgan fingerprint density at radius 2 is 1.52 bits per heavy atom. The van der Waals surface area contributed by atoms with Crippen molar-refractivity contribution in [2.45, 2.75) is 18.8 Å². The van der Waals surface area contributed by atoms with Crippen molar-refractivity contribution in [1.82, 2.24) is 15.0 Å². The summed E-state index contributed by atoms with van der Waals surface area (Å²) >= 11 is 0. The molecule has 2 heterocycles. The Bertz CT molecular complexity index is 1290. The van der Waals surface area contributed by atoms with Gasteiger partial charge in [-0.15, -0.1) is 0 Å². The first-order valence-corrected chi connectivity index (χ1v) is 13.8. The minimum atomic E-state index is -0.589. The van der Waals surface area contributed by atoms with Crippen LogP contribution < -0.4 is 4.74 Å². The van der Waals surface area contributed by atoms with Crippen LogP contribution in [0.25, 0.3) is 12.2 Å². The first kappa shape index (κ1) is 27.8. The van der Waals surface area contributed by atoms with Gasteiger partial charge in [-0.05, 0) is 29.3 Å². The highest BCUT2D eigenvalue weighted by Crippen LogP contribution is 2.29. The highest BCUT2D eigenvalue weighted by molar-refractivity contribution is 5.70. The van der Waals surface area contributed by atoms with E-state index in [9.17, 15) is 5.11 Å². The zero-order valence-electron chi connectivity index (χ0n) is 22.9. The van der Waals surface area contributed by atoms with E-state index in [-0.39, 0.29) is 12.6 Å². The summed E-state index contributed by atoms with van der Waals surface area (Å²) in [5.74, 6) is 1.36. The highest BCUT2D eigenvalue weighted by atomic mass is 16.5. The largest absolute Gasteiger partial charge is 0.490 e. The minimum Gasteiger partial charge on any atom is -0.490 e. The van der Waals surface area contributed by atoms with Crippen molar-refractivity contribution < 1.29 is 19.1 Å². The fourth-order valence-electron chi connectivity index (χ4n) is 5.17. The predicted molar refractivity (Wildman–Crippen MR) is 157 cm³/mol. The van der Waals surface area contributed by atoms with Crippen LogP contribution in [0.3, 0.4) is 0 Å². The van der Waals surface area contributed by atoms with Crippen LogP contribution in [0.2, 0.25) is 0 Å². The number of aromatic nitrogens is 1. The van der Waals surface area contributed by atoms with E-state index >= 15 is 0 Å². The highest BCUT2D eigenvalue weighted by Gasteiger charge is 2.27. The van der Waals surface area contributed by atoms with Gasteiger partial charge < -0.3 is 19.1 Å². The second kappa shape index (κ2) is 14.1. The fraction of sp³-hybridized carbons (Fsp3) is 0.303. The molecule has 1 saturated heterocycles. The summed E-state index contributed by atoms with van der Waals surface area (Å²) in [5.41, 5.74) is 4.26. The smallest absolute Gasteiger partial charge is 0.160 e. The number of hydrogen-bond donors (Lipinski definition) is 1. The summed E-state index contributed by atoms with van der Waals surface area (Å²) in [6, 6.07) is 31.3. The van der Waals surface area contributed by atoms with Gasteiger partial charge in [0.05, 0.1) is 12.6 Å². The molecule has 0 aliphatic carbocycles. The quantitative estimate of drug-likeness (QED) is 0.267. The maximum absolute atomic E-state index is 10.8. The van der Waals surface area contributed by atoms with E-state index in [1.807, 2.05) is 42.5 Å². The van der Waals surface area contributed by atoms with Crippen LogP contribution in [-0.2, 0) is 11.3 Å². The Hall–Kier alpha value is -3.75. The lowest BCUT2D eigenvalue weighted by molar-refractivity contribution is 0.0400. The first-order chi connectivity index (χ1) is 19.7. The van der Waals surface area contributed by atoms with Crippen LogP contribution in [0, 0.1) is 0 Å². The maximum Gasteiger partial charge on any atom is 0.160 e. The lowest BCUT2D eigenvalue weighted by Gasteiger charge is -2.40. The molecule has 0 radical (unpaired) electrons. The molecule has 3 aromatic carbocycles. The van der Waals surface area contributed by atoms with Crippen molar-refractivity contribution in [1.29, 1.82) is 0 Å². The third kappa shape index (κ3) is 7.46. The van der Waals surface area contributed by atoms with Crippen LogP contribution in [0.4, 0.5) is 0 Å². The second-order valence-electron chi connectivity index (χ2n) is 10.1. The Labute approximate surface area is 236 Å². The van der Waals surface area contributed by atoms with Gasteiger partial charge in [0.15, 0.2) is 5.76 Å². The number of piperazine rings is 1. The van der Waals surface area contributed by atoms with Crippen LogP contribution in [-0.4, -0.2) is 72.6 Å². The molecule has 1 N–H and O–H groups in total. The molecule has 4 aromatic rings. The number of methoxy groups -OCH3 is 1. The molecule has 0 spiro atoms. The summed E-state index contributed by atoms with van der Waals surface area (Å²) in [4.78, 5) is 4.87. The number of aliphatic hydroxyl groups is 1. The molecule has 0 amide bonds. The fourth-order valence-corrected chi connectivity index (χ4v) is 5.17. The van der Waals surface area contributed by atoms with E-state index in [1.165, 1.54) is 11.1 Å². The number of nitrogens with zero attached hydrogens (tertiary/aromatic N) is 3. The molecule has 1 fully saturated rings. The monoisotopic (exact) mass is 539 g/mol. The van der Waals surface area contributed by atoms with Gasteiger partial charge in [-0.1, -0.05) is 84.0 Å². The third-order valence-electron chi connectivity index (χ3n) is 7.12. The molecule has 7 nitrogen and oxygen atoms in total. The van der Waals surface area contributed by atoms with Gasteiger partial charge in [0.25, 0.3) is 0 Å². The summed E-state index contributed by atoms with van der Waals surface area (Å²) in [6.07, 6.45) is 3.18. The molecule has 5 rings (SSSR count). The van der Waals surface area contributed by atoms with Gasteiger partial charge >= 0.3 is 0 Å². The van der Waals surface area contributed by atoms with Crippen LogP contribution in [0.15, 0.2) is 95.5 Å². The lowest BCUT2D eigenvalue weighted by Crippen LogP contribution is -2.50. The van der Waals surface area contributed by atoms with Crippen molar-refractivity contribution in [3.8, 4) is 5.75 Å². The van der Waals surface area contributed by atoms with E-state index in [4.69, 9.17) is 14.0 Å². The van der Waals surface area contributed by atoms with Crippen LogP contribution >= 0.6 is 0 Å². The van der Waals surface area contributed by atoms with Crippen LogP contribution in [0.5, 0.6) is 5.75 Å². The molecule has 40 heavy (non-hydrogen) atoms. The predicted octanol–water partition coefficient (Wildman–Crippen LogP) is 5.14. The summed E-state index contributed by atoms with van der Waals surface area (Å²) < 4.78 is 16.5. The topological polar surface area (TPSA) is 71.2 Å². The third-order valence-corrected chi connectivity index (χ3v) is 7.12. The molecule has 1 aliphatic heterocycles. The molecule has 1 aromatic heterocycles. The number of rotatable bonds is 12. The Morgan fingerprint density at radius 3 is 2.20 bits per heavy atom. The van der Waals surface area contributed by atoms with Crippen molar-refractivity contribution >= 4 is 12.2 Å². The van der Waals surface area contributed by atoms with Crippen molar-refractivity contribution in [3.63, 3.8) is 0 Å². The zero-order valence-corrected chi connectivity index (χ0v) is 22.9. The number of para-hydroxylation sites is 1. The lowest BCUT2D eigenvalue weighted by atomic mass is 9.96. The Balaban J connectivity index is 1.13. The van der Waals surface area contributed by atoms with Gasteiger partial charge in [-0.2, -0.15) is 0 Å². The average Bonchev–Trinajstić information content (AvgIpc) is 3.45. The molecule has 1 aliphatic rings. The van der Waals surface area contributed by atoms with E-state index in [2.05, 4.69) is 75.6 Å². The van der Waals surface area contributed by atoms with Crippen molar-refractivity contribution in [2.75, 3.05) is 46.4 Å². The standard InChI is InChI=1S/C33H37N3O4/c1-38-24-29-22-31(40-34-29)17-16-26-10-8-9-15-32(26)39-25-30(37)23-35-18-20-36(21-19-35)33(27-11-4-2-5-12-27)28-13-6-3-7-14-28/h2-17,22,30,33,37H,18-21,23-25H2,1H3. The Kier molecular flexibility index (Phi) is 9.77. The normalized spacial score (nSPS) is 15.6. The SMILES string of the molecule is COCc1cc(C=Cc2ccccc2OCC(O)CN2CCN(C(c3ccccc3)c3ccccc3)CC2)on1. The molecular weight excluding hydrogens is 502 g/mol. The number of β-amino-alcohol motifs (C(OH)–C–C–N with tert-alkyl or cyclic N) is 1. The van der Waals surface area contributed by atoms with Gasteiger partial charge in [0, 0.05) is 51.5 Å².